The van der Waals surface area contributed by atoms with Crippen LogP contribution in [0.25, 0.3) is 0 Å². The molecule has 0 aliphatic carbocycles. The van der Waals surface area contributed by atoms with Crippen LogP contribution < -0.4 is 5.32 Å². The molecule has 0 fully saturated rings. The molecule has 1 heterocycles. The van der Waals surface area contributed by atoms with Crippen molar-refractivity contribution >= 4 is 0 Å². The lowest BCUT2D eigenvalue weighted by Gasteiger charge is -2.22. The van der Waals surface area contributed by atoms with Gasteiger partial charge in [-0.2, -0.15) is 0 Å². The predicted molar refractivity (Wildman–Crippen MR) is 87.4 cm³/mol. The maximum absolute atomic E-state index is 4.57. The average Bonchev–Trinajstić information content (AvgIpc) is 2.44. The van der Waals surface area contributed by atoms with Crippen molar-refractivity contribution in [3.05, 3.63) is 59.2 Å². The van der Waals surface area contributed by atoms with Crippen LogP contribution in [0.2, 0.25) is 0 Å². The first-order chi connectivity index (χ1) is 9.91. The molecule has 0 radical (unpaired) electrons. The Morgan fingerprint density at radius 2 is 1.76 bits per heavy atom. The minimum atomic E-state index is 0.116. The molecule has 112 valence electrons. The van der Waals surface area contributed by atoms with Gasteiger partial charge in [0, 0.05) is 6.20 Å². The maximum Gasteiger partial charge on any atom is 0.125 e. The third-order valence-corrected chi connectivity index (χ3v) is 3.61. The van der Waals surface area contributed by atoms with Gasteiger partial charge in [0.2, 0.25) is 0 Å². The van der Waals surface area contributed by atoms with Crippen molar-refractivity contribution in [2.24, 2.45) is 0 Å². The van der Waals surface area contributed by atoms with Crippen LogP contribution in [0.15, 0.2) is 36.5 Å². The number of aromatic nitrogens is 2. The summed E-state index contributed by atoms with van der Waals surface area (Å²) in [6.07, 6.45) is 1.82. The zero-order valence-electron chi connectivity index (χ0n) is 13.6. The quantitative estimate of drug-likeness (QED) is 0.928. The van der Waals surface area contributed by atoms with Crippen molar-refractivity contribution in [3.8, 4) is 0 Å². The Labute approximate surface area is 127 Å². The Kier molecular flexibility index (Phi) is 4.73. The molecule has 0 saturated carbocycles. The molecule has 0 aliphatic rings. The molecule has 1 unspecified atom stereocenters. The number of rotatable bonds is 4. The molecule has 0 spiro atoms. The fourth-order valence-corrected chi connectivity index (χ4v) is 2.41. The molecule has 0 amide bonds. The zero-order valence-corrected chi connectivity index (χ0v) is 13.6. The van der Waals surface area contributed by atoms with E-state index in [0.717, 1.165) is 18.1 Å². The lowest BCUT2D eigenvalue weighted by atomic mass is 9.86. The van der Waals surface area contributed by atoms with Crippen molar-refractivity contribution in [2.45, 2.75) is 46.1 Å². The van der Waals surface area contributed by atoms with E-state index in [2.05, 4.69) is 67.2 Å². The second-order valence-corrected chi connectivity index (χ2v) is 6.39. The second kappa shape index (κ2) is 6.35. The minimum Gasteiger partial charge on any atom is -0.305 e. The Morgan fingerprint density at radius 1 is 1.10 bits per heavy atom. The largest absolute Gasteiger partial charge is 0.305 e. The minimum absolute atomic E-state index is 0.116. The molecule has 0 bridgehead atoms. The van der Waals surface area contributed by atoms with Crippen molar-refractivity contribution in [2.75, 3.05) is 6.54 Å². The molecule has 0 aliphatic heterocycles. The van der Waals surface area contributed by atoms with E-state index in [9.17, 15) is 0 Å². The van der Waals surface area contributed by atoms with E-state index >= 15 is 0 Å². The molecule has 0 saturated heterocycles. The smallest absolute Gasteiger partial charge is 0.125 e. The molecule has 2 rings (SSSR count). The van der Waals surface area contributed by atoms with Crippen molar-refractivity contribution in [1.29, 1.82) is 0 Å². The van der Waals surface area contributed by atoms with Gasteiger partial charge in [-0.3, -0.25) is 0 Å². The number of hydrogen-bond donors (Lipinski definition) is 1. The zero-order chi connectivity index (χ0) is 15.5. The summed E-state index contributed by atoms with van der Waals surface area (Å²) in [6.45, 7) is 11.6. The van der Waals surface area contributed by atoms with Gasteiger partial charge in [-0.15, -0.1) is 0 Å². The van der Waals surface area contributed by atoms with Crippen LogP contribution in [0.5, 0.6) is 0 Å². The summed E-state index contributed by atoms with van der Waals surface area (Å²) in [7, 11) is 0. The van der Waals surface area contributed by atoms with Crippen LogP contribution in [-0.4, -0.2) is 16.5 Å². The number of aryl methyl sites for hydroxylation is 1. The Balaban J connectivity index is 2.34. The maximum atomic E-state index is 4.57. The third-order valence-electron chi connectivity index (χ3n) is 3.61. The van der Waals surface area contributed by atoms with E-state index in [4.69, 9.17) is 0 Å². The van der Waals surface area contributed by atoms with Crippen LogP contribution in [-0.2, 0) is 5.41 Å². The number of hydrogen-bond acceptors (Lipinski definition) is 3. The normalized spacial score (nSPS) is 13.2. The van der Waals surface area contributed by atoms with Gasteiger partial charge >= 0.3 is 0 Å². The van der Waals surface area contributed by atoms with E-state index in [-0.39, 0.29) is 11.5 Å². The lowest BCUT2D eigenvalue weighted by Crippen LogP contribution is -2.23. The van der Waals surface area contributed by atoms with E-state index in [1.54, 1.807) is 0 Å². The van der Waals surface area contributed by atoms with Crippen LogP contribution in [0, 0.1) is 6.92 Å². The topological polar surface area (TPSA) is 37.8 Å². The lowest BCUT2D eigenvalue weighted by molar-refractivity contribution is 0.586. The van der Waals surface area contributed by atoms with Crippen LogP contribution in [0.1, 0.15) is 56.4 Å². The van der Waals surface area contributed by atoms with Gasteiger partial charge in [0.25, 0.3) is 0 Å². The van der Waals surface area contributed by atoms with Gasteiger partial charge in [0.15, 0.2) is 0 Å². The molecular formula is C18H25N3. The van der Waals surface area contributed by atoms with Gasteiger partial charge in [0.05, 0.1) is 11.7 Å². The fraction of sp³-hybridized carbons (Fsp3) is 0.444. The molecule has 1 aromatic carbocycles. The first-order valence-corrected chi connectivity index (χ1v) is 7.55. The monoisotopic (exact) mass is 283 g/mol. The summed E-state index contributed by atoms with van der Waals surface area (Å²) in [5, 5.41) is 3.51. The highest BCUT2D eigenvalue weighted by atomic mass is 15.0. The van der Waals surface area contributed by atoms with Gasteiger partial charge in [-0.25, -0.2) is 9.97 Å². The Bertz CT molecular complexity index is 582. The van der Waals surface area contributed by atoms with E-state index in [1.807, 2.05) is 19.2 Å². The van der Waals surface area contributed by atoms with Gasteiger partial charge < -0.3 is 5.32 Å². The third kappa shape index (κ3) is 3.88. The molecule has 2 aromatic rings. The van der Waals surface area contributed by atoms with Crippen LogP contribution >= 0.6 is 0 Å². The molecular weight excluding hydrogens is 258 g/mol. The van der Waals surface area contributed by atoms with Crippen LogP contribution in [0.3, 0.4) is 0 Å². The first kappa shape index (κ1) is 15.6. The van der Waals surface area contributed by atoms with Gasteiger partial charge in [0.1, 0.15) is 5.82 Å². The van der Waals surface area contributed by atoms with Crippen molar-refractivity contribution in [3.63, 3.8) is 0 Å². The molecule has 1 N–H and O–H groups in total. The van der Waals surface area contributed by atoms with E-state index < -0.39 is 0 Å². The van der Waals surface area contributed by atoms with E-state index in [1.165, 1.54) is 11.1 Å². The Hall–Kier alpha value is -1.74. The van der Waals surface area contributed by atoms with Gasteiger partial charge in [-0.1, -0.05) is 52.0 Å². The number of nitrogens with one attached hydrogen (secondary N) is 1. The summed E-state index contributed by atoms with van der Waals surface area (Å²) < 4.78 is 0. The van der Waals surface area contributed by atoms with Crippen molar-refractivity contribution < 1.29 is 0 Å². The van der Waals surface area contributed by atoms with Crippen molar-refractivity contribution in [1.82, 2.24) is 15.3 Å². The van der Waals surface area contributed by atoms with Crippen LogP contribution in [0.4, 0.5) is 0 Å². The standard InChI is InChI=1S/C18H25N3/c1-6-19-17(16-11-12-20-13(2)21-16)14-7-9-15(10-8-14)18(3,4)5/h7-12,17,19H,6H2,1-5H3. The molecule has 21 heavy (non-hydrogen) atoms. The second-order valence-electron chi connectivity index (χ2n) is 6.39. The Morgan fingerprint density at radius 3 is 2.29 bits per heavy atom. The molecule has 3 heteroatoms. The number of benzene rings is 1. The fourth-order valence-electron chi connectivity index (χ4n) is 2.41. The molecule has 1 aromatic heterocycles. The summed E-state index contributed by atoms with van der Waals surface area (Å²) in [5.74, 6) is 0.807. The first-order valence-electron chi connectivity index (χ1n) is 7.55. The molecule has 3 nitrogen and oxygen atoms in total. The highest BCUT2D eigenvalue weighted by Gasteiger charge is 2.17. The summed E-state index contributed by atoms with van der Waals surface area (Å²) >= 11 is 0. The van der Waals surface area contributed by atoms with Gasteiger partial charge in [-0.05, 0) is 36.1 Å². The predicted octanol–water partition coefficient (Wildman–Crippen LogP) is 3.78. The summed E-state index contributed by atoms with van der Waals surface area (Å²) in [5.41, 5.74) is 3.79. The number of nitrogens with zero attached hydrogens (tertiary/aromatic N) is 2. The average molecular weight is 283 g/mol. The summed E-state index contributed by atoms with van der Waals surface area (Å²) in [4.78, 5) is 8.75. The van der Waals surface area contributed by atoms with E-state index in [0.29, 0.717) is 0 Å². The highest BCUT2D eigenvalue weighted by Crippen LogP contribution is 2.26. The SMILES string of the molecule is CCNC(c1ccc(C(C)(C)C)cc1)c1ccnc(C)n1. The molecule has 1 atom stereocenters. The summed E-state index contributed by atoms with van der Waals surface area (Å²) in [6, 6.07) is 10.9. The highest BCUT2D eigenvalue weighted by molar-refractivity contribution is 5.33.